The summed E-state index contributed by atoms with van der Waals surface area (Å²) in [5, 5.41) is 25.9. The first-order valence-corrected chi connectivity index (χ1v) is 34.0. The molecule has 2 rings (SSSR count). The van der Waals surface area contributed by atoms with Crippen molar-refractivity contribution in [2.45, 2.75) is 222 Å². The summed E-state index contributed by atoms with van der Waals surface area (Å²) in [6.07, 6.45) is 2.65. The van der Waals surface area contributed by atoms with Crippen molar-refractivity contribution in [2.24, 2.45) is 41.4 Å². The topological polar surface area (TPSA) is 320 Å². The van der Waals surface area contributed by atoms with E-state index in [0.717, 1.165) is 9.80 Å². The van der Waals surface area contributed by atoms with Gasteiger partial charge >= 0.3 is 0 Å². The maximum absolute atomic E-state index is 15.3. The minimum atomic E-state index is -1.66. The molecule has 2 saturated heterocycles. The molecule has 542 valence electrons. The Hall–Kier alpha value is -6.74. The highest BCUT2D eigenvalue weighted by Gasteiger charge is 2.46. The van der Waals surface area contributed by atoms with Crippen LogP contribution in [0.4, 0.5) is 0 Å². The van der Waals surface area contributed by atoms with E-state index in [0.29, 0.717) is 26.2 Å². The normalized spacial score (nSPS) is 27.5. The number of piperazine rings is 1. The van der Waals surface area contributed by atoms with E-state index in [4.69, 9.17) is 4.74 Å². The number of nitrogens with zero attached hydrogens (tertiary/aromatic N) is 8. The van der Waals surface area contributed by atoms with E-state index >= 15 is 14.4 Å². The zero-order valence-electron chi connectivity index (χ0n) is 61.7. The summed E-state index contributed by atoms with van der Waals surface area (Å²) in [5.74, 6) is -11.7. The van der Waals surface area contributed by atoms with Gasteiger partial charge in [-0.3, -0.25) is 57.5 Å². The third kappa shape index (κ3) is 23.8. The second-order valence-electron chi connectivity index (χ2n) is 28.5. The molecule has 6 N–H and O–H groups in total. The highest BCUT2D eigenvalue weighted by atomic mass is 16.5. The quantitative estimate of drug-likeness (QED) is 0.106. The average Bonchev–Trinajstić information content (AvgIpc) is 0.808. The molecule has 95 heavy (non-hydrogen) atoms. The summed E-state index contributed by atoms with van der Waals surface area (Å²) < 4.78 is 5.92. The number of aliphatic hydroxyl groups excluding tert-OH is 1. The maximum atomic E-state index is 15.3. The molecule has 2 aliphatic rings. The van der Waals surface area contributed by atoms with Crippen LogP contribution < -0.4 is 26.6 Å². The summed E-state index contributed by atoms with van der Waals surface area (Å²) in [4.78, 5) is 187. The fraction of sp³-hybridized carbons (Fsp3) is 0.794. The molecule has 2 heterocycles. The predicted octanol–water partition coefficient (Wildman–Crippen LogP) is 1.70. The molecular formula is C68H121N13O14. The van der Waals surface area contributed by atoms with Crippen molar-refractivity contribution in [1.29, 1.82) is 0 Å². The van der Waals surface area contributed by atoms with E-state index in [-0.39, 0.29) is 69.0 Å². The average molecular weight is 1340 g/mol. The third-order valence-corrected chi connectivity index (χ3v) is 18.4. The first-order chi connectivity index (χ1) is 44.1. The van der Waals surface area contributed by atoms with Gasteiger partial charge in [-0.05, 0) is 102 Å². The van der Waals surface area contributed by atoms with Crippen LogP contribution in [0.2, 0.25) is 0 Å². The summed E-state index contributed by atoms with van der Waals surface area (Å²) >= 11 is 0. The number of allylic oxidation sites excluding steroid dienone is 2. The van der Waals surface area contributed by atoms with Gasteiger partial charge in [0, 0.05) is 74.4 Å². The number of hydrogen-bond donors (Lipinski definition) is 6. The summed E-state index contributed by atoms with van der Waals surface area (Å²) in [7, 11) is 10.3. The van der Waals surface area contributed by atoms with Gasteiger partial charge in [0.2, 0.25) is 70.9 Å². The van der Waals surface area contributed by atoms with Crippen molar-refractivity contribution < 1.29 is 67.4 Å². The molecule has 0 radical (unpaired) electrons. The highest BCUT2D eigenvalue weighted by molar-refractivity contribution is 6.00. The third-order valence-electron chi connectivity index (χ3n) is 18.4. The molecule has 0 spiro atoms. The van der Waals surface area contributed by atoms with Crippen molar-refractivity contribution in [3.63, 3.8) is 0 Å². The molecule has 0 unspecified atom stereocenters. The Bertz CT molecular complexity index is 2650. The lowest BCUT2D eigenvalue weighted by Gasteiger charge is -2.41. The van der Waals surface area contributed by atoms with E-state index in [9.17, 15) is 48.3 Å². The monoisotopic (exact) mass is 1340 g/mol. The van der Waals surface area contributed by atoms with Crippen LogP contribution in [-0.4, -0.2) is 276 Å². The van der Waals surface area contributed by atoms with Gasteiger partial charge in [-0.15, -0.1) is 0 Å². The summed E-state index contributed by atoms with van der Waals surface area (Å²) in [6.45, 7) is 30.7. The van der Waals surface area contributed by atoms with Crippen LogP contribution in [-0.2, 0) is 62.3 Å². The van der Waals surface area contributed by atoms with Crippen LogP contribution in [0.15, 0.2) is 12.2 Å². The van der Waals surface area contributed by atoms with Crippen molar-refractivity contribution in [3.8, 4) is 0 Å². The molecular weight excluding hydrogens is 1220 g/mol. The van der Waals surface area contributed by atoms with E-state index in [1.165, 1.54) is 82.7 Å². The minimum absolute atomic E-state index is 0.0345. The van der Waals surface area contributed by atoms with Gasteiger partial charge in [0.25, 0.3) is 0 Å². The maximum Gasteiger partial charge on any atom is 0.248 e. The molecule has 0 aliphatic carbocycles. The van der Waals surface area contributed by atoms with Crippen LogP contribution in [0.3, 0.4) is 0 Å². The molecule has 12 amide bonds. The lowest BCUT2D eigenvalue weighted by Crippen LogP contribution is -2.64. The Labute approximate surface area is 566 Å². The standard InChI is InChI=1S/C68H121N13O14/c1-25-27-28-43(13)57(83)56-62(88)71-48(26-2)64(90)75(19)47(17)59(85)73-54(44(14)36-95-37-52(82)81-31-29-74(18)30-32-81)61(87)72-53(41(9)10)67(93)76(20)49(33-38(3)4)60(86)69-45(15)58(84)70-46(16)63(89)77(21)50(34-39(5)6)65(91)78(22)51(35-40(7)8)66(92)79(23)55(42(11)12)68(94)80(56)24/h25,27,38-51,53-57,83H,26,28-37H2,1-24H3,(H,69,86)(H,70,84)(H,71,88)(H,72,87)(H,73,85)/b27-25+/t43-,44-,45+,46-,47-,48+,49+,50+,51+,53+,54+,55+,56+,57-/m1/s1. The summed E-state index contributed by atoms with van der Waals surface area (Å²) in [6, 6.07) is -14.5. The Kier molecular flexibility index (Phi) is 34.5. The molecule has 0 bridgehead atoms. The lowest BCUT2D eigenvalue weighted by atomic mass is 9.91. The Balaban J connectivity index is 3.00. The molecule has 2 aliphatic heterocycles. The number of likely N-dealkylation sites (N-methyl/N-ethyl adjacent to an activating group) is 7. The van der Waals surface area contributed by atoms with Gasteiger partial charge in [-0.2, -0.15) is 0 Å². The van der Waals surface area contributed by atoms with Crippen LogP contribution in [0.5, 0.6) is 0 Å². The van der Waals surface area contributed by atoms with Gasteiger partial charge in [-0.25, -0.2) is 0 Å². The van der Waals surface area contributed by atoms with Gasteiger partial charge in [-0.1, -0.05) is 102 Å². The summed E-state index contributed by atoms with van der Waals surface area (Å²) in [5.41, 5.74) is 0. The number of carbonyl (C=O) groups is 12. The van der Waals surface area contributed by atoms with Crippen molar-refractivity contribution in [2.75, 3.05) is 88.7 Å². The van der Waals surface area contributed by atoms with Crippen LogP contribution in [0.25, 0.3) is 0 Å². The number of ether oxygens (including phenoxy) is 1. The first kappa shape index (κ1) is 84.3. The zero-order valence-corrected chi connectivity index (χ0v) is 61.7. The molecule has 2 fully saturated rings. The van der Waals surface area contributed by atoms with E-state index in [1.807, 2.05) is 48.6 Å². The molecule has 27 nitrogen and oxygen atoms in total. The Morgan fingerprint density at radius 2 is 0.979 bits per heavy atom. The lowest BCUT2D eigenvalue weighted by molar-refractivity contribution is -0.157. The molecule has 0 aromatic carbocycles. The van der Waals surface area contributed by atoms with Crippen molar-refractivity contribution >= 4 is 70.9 Å². The Morgan fingerprint density at radius 1 is 0.505 bits per heavy atom. The number of nitrogens with one attached hydrogen (secondary N) is 5. The van der Waals surface area contributed by atoms with E-state index < -0.39 is 161 Å². The van der Waals surface area contributed by atoms with E-state index in [2.05, 4.69) is 31.5 Å². The number of hydrogen-bond acceptors (Lipinski definition) is 15. The molecule has 0 aromatic rings. The van der Waals surface area contributed by atoms with Crippen LogP contribution in [0.1, 0.15) is 150 Å². The SMILES string of the molecule is C/C=C/C[C@@H](C)[C@@H](O)[C@H]1C(=O)N[C@@H](CC)C(=O)N(C)[C@H](C)C(=O)N[C@@H]([C@H](C)COCC(=O)N2CCN(C)CC2)C(=O)N[C@@H](C(C)C)C(=O)N(C)[C@@H](CC(C)C)C(=O)N[C@@H](C)C(=O)N[C@H](C)C(=O)N(C)[C@@H](CC(C)C)C(=O)N(C)[C@@H](CC(C)C)C(=O)N(C)[C@@H](C(C)C)C(=O)N1C. The smallest absolute Gasteiger partial charge is 0.248 e. The fourth-order valence-corrected chi connectivity index (χ4v) is 11.9. The highest BCUT2D eigenvalue weighted by Crippen LogP contribution is 2.26. The van der Waals surface area contributed by atoms with E-state index in [1.54, 1.807) is 72.4 Å². The second kappa shape index (κ2) is 38.9. The van der Waals surface area contributed by atoms with Gasteiger partial charge < -0.3 is 75.6 Å². The zero-order chi connectivity index (χ0) is 73.0. The fourth-order valence-electron chi connectivity index (χ4n) is 11.9. The van der Waals surface area contributed by atoms with Gasteiger partial charge in [0.05, 0.1) is 12.7 Å². The van der Waals surface area contributed by atoms with Crippen LogP contribution >= 0.6 is 0 Å². The molecule has 27 heteroatoms. The largest absolute Gasteiger partial charge is 0.390 e. The number of rotatable bonds is 18. The molecule has 0 aromatic heterocycles. The minimum Gasteiger partial charge on any atom is -0.390 e. The number of aliphatic hydroxyl groups is 1. The van der Waals surface area contributed by atoms with Gasteiger partial charge in [0.15, 0.2) is 0 Å². The van der Waals surface area contributed by atoms with Gasteiger partial charge in [0.1, 0.15) is 73.1 Å². The molecule has 14 atom stereocenters. The first-order valence-electron chi connectivity index (χ1n) is 34.0. The number of carbonyl (C=O) groups excluding carboxylic acids is 12. The van der Waals surface area contributed by atoms with Crippen molar-refractivity contribution in [1.82, 2.24) is 65.8 Å². The van der Waals surface area contributed by atoms with Crippen molar-refractivity contribution in [3.05, 3.63) is 12.2 Å². The van der Waals surface area contributed by atoms with Crippen LogP contribution in [0, 0.1) is 41.4 Å². The number of amides is 12. The predicted molar refractivity (Wildman–Crippen MR) is 363 cm³/mol. The Morgan fingerprint density at radius 3 is 1.47 bits per heavy atom. The second-order valence-corrected chi connectivity index (χ2v) is 28.5. The molecule has 0 saturated carbocycles.